The molecule has 0 amide bonds. The van der Waals surface area contributed by atoms with Crippen LogP contribution in [0.2, 0.25) is 5.02 Å². The molecule has 10 heteroatoms. The van der Waals surface area contributed by atoms with E-state index < -0.39 is 24.1 Å². The summed E-state index contributed by atoms with van der Waals surface area (Å²) >= 11 is 5.77. The van der Waals surface area contributed by atoms with Gasteiger partial charge in [0.05, 0.1) is 29.4 Å². The zero-order valence-corrected chi connectivity index (χ0v) is 18.4. The topological polar surface area (TPSA) is 89.3 Å². The van der Waals surface area contributed by atoms with Crippen LogP contribution in [0.15, 0.2) is 53.6 Å². The highest BCUT2D eigenvalue weighted by atomic mass is 35.5. The van der Waals surface area contributed by atoms with Gasteiger partial charge < -0.3 is 19.7 Å². The Morgan fingerprint density at radius 2 is 2.15 bits per heavy atom. The quantitative estimate of drug-likeness (QED) is 0.541. The Bertz CT molecular complexity index is 1180. The van der Waals surface area contributed by atoms with E-state index in [0.717, 1.165) is 0 Å². The summed E-state index contributed by atoms with van der Waals surface area (Å²) in [6.45, 7) is 0.302. The lowest BCUT2D eigenvalue weighted by Crippen LogP contribution is -2.39. The Labute approximate surface area is 194 Å². The molecule has 1 fully saturated rings. The zero-order chi connectivity index (χ0) is 23.4. The Morgan fingerprint density at radius 1 is 1.30 bits per heavy atom. The van der Waals surface area contributed by atoms with E-state index in [2.05, 4.69) is 15.3 Å². The van der Waals surface area contributed by atoms with Crippen LogP contribution in [-0.4, -0.2) is 51.7 Å². The summed E-state index contributed by atoms with van der Waals surface area (Å²) in [7, 11) is 0. The Hall–Kier alpha value is -2.88. The molecule has 1 aliphatic heterocycles. The van der Waals surface area contributed by atoms with E-state index in [9.17, 15) is 18.7 Å². The third-order valence-corrected chi connectivity index (χ3v) is 5.87. The Balaban J connectivity index is 1.60. The van der Waals surface area contributed by atoms with Crippen LogP contribution in [0.3, 0.4) is 0 Å². The molecule has 174 valence electrons. The number of ether oxygens (including phenoxy) is 1. The first-order valence-electron chi connectivity index (χ1n) is 10.6. The summed E-state index contributed by atoms with van der Waals surface area (Å²) in [5.74, 6) is -0.330. The first-order valence-corrected chi connectivity index (χ1v) is 10.9. The van der Waals surface area contributed by atoms with Crippen molar-refractivity contribution in [3.63, 3.8) is 0 Å². The van der Waals surface area contributed by atoms with E-state index in [1.165, 1.54) is 29.0 Å². The molecule has 3 aromatic rings. The van der Waals surface area contributed by atoms with Gasteiger partial charge in [-0.05, 0) is 42.7 Å². The van der Waals surface area contributed by atoms with Gasteiger partial charge in [0, 0.05) is 37.2 Å². The van der Waals surface area contributed by atoms with E-state index in [-0.39, 0.29) is 36.2 Å². The normalized spacial score (nSPS) is 19.3. The molecule has 2 N–H and O–H groups in total. The number of anilines is 1. The molecule has 0 spiro atoms. The summed E-state index contributed by atoms with van der Waals surface area (Å²) in [4.78, 5) is 21.5. The lowest BCUT2D eigenvalue weighted by Gasteiger charge is -2.26. The molecule has 1 aromatic carbocycles. The van der Waals surface area contributed by atoms with Gasteiger partial charge in [0.25, 0.3) is 5.56 Å². The molecule has 2 aromatic heterocycles. The van der Waals surface area contributed by atoms with Crippen LogP contribution in [0, 0.1) is 5.82 Å². The van der Waals surface area contributed by atoms with Crippen LogP contribution in [0.4, 0.5) is 14.7 Å². The first-order chi connectivity index (χ1) is 16.0. The summed E-state index contributed by atoms with van der Waals surface area (Å²) in [6, 6.07) is 8.07. The average Bonchev–Trinajstić information content (AvgIpc) is 2.81. The fraction of sp³-hybridized carbons (Fsp3) is 0.348. The summed E-state index contributed by atoms with van der Waals surface area (Å²) in [5.41, 5.74) is 1.22. The molecule has 3 heterocycles. The second kappa shape index (κ2) is 10.4. The fourth-order valence-corrected chi connectivity index (χ4v) is 3.95. The van der Waals surface area contributed by atoms with Crippen LogP contribution in [0.25, 0.3) is 11.3 Å². The maximum Gasteiger partial charge on any atom is 0.251 e. The highest BCUT2D eigenvalue weighted by Crippen LogP contribution is 2.26. The Kier molecular flexibility index (Phi) is 7.32. The van der Waals surface area contributed by atoms with Crippen molar-refractivity contribution in [1.29, 1.82) is 0 Å². The highest BCUT2D eigenvalue weighted by Gasteiger charge is 2.26. The molecule has 0 saturated carbocycles. The maximum atomic E-state index is 14.0. The second-order valence-corrected chi connectivity index (χ2v) is 8.17. The summed E-state index contributed by atoms with van der Waals surface area (Å²) in [5, 5.41) is 12.5. The van der Waals surface area contributed by atoms with Crippen LogP contribution >= 0.6 is 11.6 Å². The van der Waals surface area contributed by atoms with E-state index in [1.807, 2.05) is 0 Å². The van der Waals surface area contributed by atoms with Crippen LogP contribution < -0.4 is 10.9 Å². The third kappa shape index (κ3) is 5.38. The molecular weight excluding hydrogens is 454 g/mol. The molecule has 0 bridgehead atoms. The number of hydrogen-bond donors (Lipinski definition) is 2. The van der Waals surface area contributed by atoms with Crippen molar-refractivity contribution in [2.24, 2.45) is 0 Å². The lowest BCUT2D eigenvalue weighted by molar-refractivity contribution is 0.0284. The molecule has 7 nitrogen and oxygen atoms in total. The van der Waals surface area contributed by atoms with E-state index in [1.54, 1.807) is 24.4 Å². The van der Waals surface area contributed by atoms with Gasteiger partial charge in [-0.1, -0.05) is 17.7 Å². The molecule has 0 unspecified atom stereocenters. The van der Waals surface area contributed by atoms with E-state index >= 15 is 0 Å². The fourth-order valence-electron chi connectivity index (χ4n) is 3.84. The molecular formula is C23H23ClF2N4O3. The number of halogens is 3. The molecule has 0 radical (unpaired) electrons. The maximum absolute atomic E-state index is 14.0. The van der Waals surface area contributed by atoms with Gasteiger partial charge in [0.1, 0.15) is 12.0 Å². The highest BCUT2D eigenvalue weighted by molar-refractivity contribution is 6.30. The number of benzene rings is 1. The van der Waals surface area contributed by atoms with Gasteiger partial charge >= 0.3 is 0 Å². The molecule has 33 heavy (non-hydrogen) atoms. The first kappa shape index (κ1) is 23.3. The molecule has 1 aliphatic rings. The standard InChI is InChI=1S/C23H23ClF2N4O3/c24-16-2-1-15(11-17(16)25)21(5-9-31)30-8-4-14(12-22(30)32)19-3-7-27-23(28-19)29-20-6-10-33-13-18(20)26/h1-4,7-8,11-12,18,20-21,31H,5-6,9-10,13H2,(H,27,28,29)/t18-,20+,21+/m0/s1. The van der Waals surface area contributed by atoms with Crippen molar-refractivity contribution >= 4 is 17.5 Å². The number of nitrogens with zero attached hydrogens (tertiary/aromatic N) is 3. The summed E-state index contributed by atoms with van der Waals surface area (Å²) in [6.07, 6.45) is 2.68. The van der Waals surface area contributed by atoms with Gasteiger partial charge in [-0.3, -0.25) is 4.79 Å². The van der Waals surface area contributed by atoms with Crippen molar-refractivity contribution in [2.75, 3.05) is 25.1 Å². The molecule has 3 atom stereocenters. The molecule has 1 saturated heterocycles. The number of aliphatic hydroxyl groups is 1. The number of nitrogens with one attached hydrogen (secondary N) is 1. The third-order valence-electron chi connectivity index (χ3n) is 5.57. The number of alkyl halides is 1. The second-order valence-electron chi connectivity index (χ2n) is 7.76. The molecule has 4 rings (SSSR count). The lowest BCUT2D eigenvalue weighted by atomic mass is 10.0. The monoisotopic (exact) mass is 476 g/mol. The van der Waals surface area contributed by atoms with Crippen molar-refractivity contribution in [2.45, 2.75) is 31.1 Å². The smallest absolute Gasteiger partial charge is 0.251 e. The number of aliphatic hydroxyl groups excluding tert-OH is 1. The van der Waals surface area contributed by atoms with Crippen molar-refractivity contribution in [3.8, 4) is 11.3 Å². The van der Waals surface area contributed by atoms with Gasteiger partial charge in [-0.25, -0.2) is 18.7 Å². The zero-order valence-electron chi connectivity index (χ0n) is 17.6. The van der Waals surface area contributed by atoms with Gasteiger partial charge in [0.2, 0.25) is 5.95 Å². The average molecular weight is 477 g/mol. The predicted molar refractivity (Wildman–Crippen MR) is 121 cm³/mol. The minimum atomic E-state index is -1.16. The van der Waals surface area contributed by atoms with Crippen molar-refractivity contribution < 1.29 is 18.6 Å². The summed E-state index contributed by atoms with van der Waals surface area (Å²) < 4.78 is 34.6. The van der Waals surface area contributed by atoms with Gasteiger partial charge in [0.15, 0.2) is 0 Å². The van der Waals surface area contributed by atoms with Crippen LogP contribution in [-0.2, 0) is 4.74 Å². The van der Waals surface area contributed by atoms with Crippen LogP contribution in [0.1, 0.15) is 24.4 Å². The van der Waals surface area contributed by atoms with E-state index in [0.29, 0.717) is 29.8 Å². The number of aromatic nitrogens is 3. The Morgan fingerprint density at radius 3 is 2.88 bits per heavy atom. The predicted octanol–water partition coefficient (Wildman–Crippen LogP) is 3.61. The minimum Gasteiger partial charge on any atom is -0.396 e. The molecule has 0 aliphatic carbocycles. The van der Waals surface area contributed by atoms with Gasteiger partial charge in [-0.15, -0.1) is 0 Å². The number of rotatable bonds is 7. The SMILES string of the molecule is O=c1cc(-c2ccnc(N[C@@H]3CCOC[C@@H]3F)n2)ccn1[C@H](CCO)c1ccc(Cl)c(F)c1. The van der Waals surface area contributed by atoms with Crippen molar-refractivity contribution in [1.82, 2.24) is 14.5 Å². The van der Waals surface area contributed by atoms with E-state index in [4.69, 9.17) is 16.3 Å². The number of pyridine rings is 1. The minimum absolute atomic E-state index is 0.0165. The van der Waals surface area contributed by atoms with Crippen molar-refractivity contribution in [3.05, 3.63) is 75.5 Å². The number of hydrogen-bond acceptors (Lipinski definition) is 6. The largest absolute Gasteiger partial charge is 0.396 e. The van der Waals surface area contributed by atoms with Crippen LogP contribution in [0.5, 0.6) is 0 Å². The van der Waals surface area contributed by atoms with Gasteiger partial charge in [-0.2, -0.15) is 0 Å².